The van der Waals surface area contributed by atoms with Gasteiger partial charge in [-0.05, 0) is 24.0 Å². The Labute approximate surface area is 112 Å². The Bertz CT molecular complexity index is 573. The molecule has 1 amide bonds. The monoisotopic (exact) mass is 258 g/mol. The molecule has 0 radical (unpaired) electrons. The number of carbonyl (C=O) groups excluding carboxylic acids is 1. The number of hydrogen-bond donors (Lipinski definition) is 1. The van der Waals surface area contributed by atoms with Crippen molar-refractivity contribution in [2.75, 3.05) is 5.32 Å². The minimum atomic E-state index is -0.0561. The SMILES string of the molecule is Cc1nocc1NC(=O)Cc1ccccc1C(C)C. The topological polar surface area (TPSA) is 55.1 Å². The molecule has 0 atom stereocenters. The number of carbonyl (C=O) groups is 1. The third kappa shape index (κ3) is 3.22. The third-order valence-electron chi connectivity index (χ3n) is 3.05. The molecule has 4 heteroatoms. The number of amides is 1. The van der Waals surface area contributed by atoms with Gasteiger partial charge in [0.15, 0.2) is 0 Å². The molecule has 4 nitrogen and oxygen atoms in total. The summed E-state index contributed by atoms with van der Waals surface area (Å²) in [5.41, 5.74) is 3.58. The predicted octanol–water partition coefficient (Wildman–Crippen LogP) is 3.29. The summed E-state index contributed by atoms with van der Waals surface area (Å²) in [4.78, 5) is 12.0. The lowest BCUT2D eigenvalue weighted by molar-refractivity contribution is -0.115. The summed E-state index contributed by atoms with van der Waals surface area (Å²) in [5, 5.41) is 6.54. The summed E-state index contributed by atoms with van der Waals surface area (Å²) < 4.78 is 4.79. The molecule has 1 aromatic heterocycles. The number of rotatable bonds is 4. The van der Waals surface area contributed by atoms with E-state index in [4.69, 9.17) is 4.52 Å². The van der Waals surface area contributed by atoms with E-state index < -0.39 is 0 Å². The summed E-state index contributed by atoms with van der Waals surface area (Å²) in [5.74, 6) is 0.348. The Morgan fingerprint density at radius 2 is 2.11 bits per heavy atom. The minimum Gasteiger partial charge on any atom is -0.362 e. The maximum Gasteiger partial charge on any atom is 0.228 e. The van der Waals surface area contributed by atoms with Crippen molar-refractivity contribution >= 4 is 11.6 Å². The molecule has 2 rings (SSSR count). The van der Waals surface area contributed by atoms with Crippen LogP contribution in [0.15, 0.2) is 35.1 Å². The van der Waals surface area contributed by atoms with Crippen molar-refractivity contribution < 1.29 is 9.32 Å². The van der Waals surface area contributed by atoms with Crippen molar-refractivity contribution in [3.8, 4) is 0 Å². The average Bonchev–Trinajstić information content (AvgIpc) is 2.75. The van der Waals surface area contributed by atoms with Gasteiger partial charge in [0.25, 0.3) is 0 Å². The van der Waals surface area contributed by atoms with Crippen molar-refractivity contribution in [1.29, 1.82) is 0 Å². The van der Waals surface area contributed by atoms with E-state index in [1.165, 1.54) is 11.8 Å². The second-order valence-electron chi connectivity index (χ2n) is 4.89. The molecule has 100 valence electrons. The van der Waals surface area contributed by atoms with Gasteiger partial charge < -0.3 is 9.84 Å². The molecule has 0 saturated carbocycles. The van der Waals surface area contributed by atoms with Gasteiger partial charge in [0.05, 0.1) is 6.42 Å². The standard InChI is InChI=1S/C15H18N2O2/c1-10(2)13-7-5-4-6-12(13)8-15(18)16-14-9-19-17-11(14)3/h4-7,9-10H,8H2,1-3H3,(H,16,18). The van der Waals surface area contributed by atoms with Gasteiger partial charge in [-0.25, -0.2) is 0 Å². The zero-order chi connectivity index (χ0) is 13.8. The van der Waals surface area contributed by atoms with Crippen LogP contribution in [0.25, 0.3) is 0 Å². The van der Waals surface area contributed by atoms with Crippen molar-refractivity contribution in [3.63, 3.8) is 0 Å². The highest BCUT2D eigenvalue weighted by Crippen LogP contribution is 2.20. The van der Waals surface area contributed by atoms with Crippen LogP contribution in [0.5, 0.6) is 0 Å². The summed E-state index contributed by atoms with van der Waals surface area (Å²) in [7, 11) is 0. The van der Waals surface area contributed by atoms with Crippen molar-refractivity contribution in [2.24, 2.45) is 0 Å². The Hall–Kier alpha value is -2.10. The van der Waals surface area contributed by atoms with E-state index in [1.54, 1.807) is 6.92 Å². The van der Waals surface area contributed by atoms with E-state index in [0.717, 1.165) is 5.56 Å². The maximum absolute atomic E-state index is 12.0. The molecule has 1 heterocycles. The minimum absolute atomic E-state index is 0.0561. The highest BCUT2D eigenvalue weighted by molar-refractivity contribution is 5.92. The number of anilines is 1. The number of benzene rings is 1. The molecule has 0 saturated heterocycles. The lowest BCUT2D eigenvalue weighted by Gasteiger charge is -2.12. The van der Waals surface area contributed by atoms with Gasteiger partial charge in [-0.2, -0.15) is 0 Å². The Balaban J connectivity index is 2.09. The molecule has 0 aliphatic heterocycles. The van der Waals surface area contributed by atoms with Crippen LogP contribution >= 0.6 is 0 Å². The number of hydrogen-bond acceptors (Lipinski definition) is 3. The third-order valence-corrected chi connectivity index (χ3v) is 3.05. The van der Waals surface area contributed by atoms with E-state index in [0.29, 0.717) is 23.7 Å². The lowest BCUT2D eigenvalue weighted by atomic mass is 9.95. The van der Waals surface area contributed by atoms with Crippen molar-refractivity contribution in [2.45, 2.75) is 33.1 Å². The van der Waals surface area contributed by atoms with Crippen LogP contribution in [0.3, 0.4) is 0 Å². The van der Waals surface area contributed by atoms with Crippen LogP contribution in [0.4, 0.5) is 5.69 Å². The van der Waals surface area contributed by atoms with Crippen LogP contribution < -0.4 is 5.32 Å². The molecule has 0 aliphatic rings. The molecule has 19 heavy (non-hydrogen) atoms. The zero-order valence-electron chi connectivity index (χ0n) is 11.4. The summed E-state index contributed by atoms with van der Waals surface area (Å²) in [6.07, 6.45) is 1.81. The molecule has 0 fully saturated rings. The summed E-state index contributed by atoms with van der Waals surface area (Å²) in [6.45, 7) is 6.04. The van der Waals surface area contributed by atoms with Crippen LogP contribution in [0, 0.1) is 6.92 Å². The average molecular weight is 258 g/mol. The number of nitrogens with zero attached hydrogens (tertiary/aromatic N) is 1. The largest absolute Gasteiger partial charge is 0.362 e. The van der Waals surface area contributed by atoms with Gasteiger partial charge >= 0.3 is 0 Å². The lowest BCUT2D eigenvalue weighted by Crippen LogP contribution is -2.15. The van der Waals surface area contributed by atoms with Crippen LogP contribution in [0.1, 0.15) is 36.6 Å². The van der Waals surface area contributed by atoms with Crippen LogP contribution in [-0.2, 0) is 11.2 Å². The highest BCUT2D eigenvalue weighted by Gasteiger charge is 2.12. The van der Waals surface area contributed by atoms with Crippen molar-refractivity contribution in [1.82, 2.24) is 5.16 Å². The second-order valence-corrected chi connectivity index (χ2v) is 4.89. The fourth-order valence-electron chi connectivity index (χ4n) is 2.04. The first-order valence-electron chi connectivity index (χ1n) is 6.36. The molecule has 1 aromatic carbocycles. The Kier molecular flexibility index (Phi) is 4.00. The molecule has 2 aromatic rings. The molecule has 1 N–H and O–H groups in total. The fourth-order valence-corrected chi connectivity index (χ4v) is 2.04. The smallest absolute Gasteiger partial charge is 0.228 e. The maximum atomic E-state index is 12.0. The number of nitrogens with one attached hydrogen (secondary N) is 1. The van der Waals surface area contributed by atoms with Gasteiger partial charge in [0.1, 0.15) is 17.6 Å². The van der Waals surface area contributed by atoms with E-state index in [-0.39, 0.29) is 5.91 Å². The molecule has 0 spiro atoms. The van der Waals surface area contributed by atoms with Gasteiger partial charge in [0, 0.05) is 0 Å². The normalized spacial score (nSPS) is 10.7. The van der Waals surface area contributed by atoms with Crippen LogP contribution in [0.2, 0.25) is 0 Å². The number of aromatic nitrogens is 1. The Morgan fingerprint density at radius 1 is 1.37 bits per heavy atom. The molecular formula is C15H18N2O2. The molecule has 0 bridgehead atoms. The first kappa shape index (κ1) is 13.3. The highest BCUT2D eigenvalue weighted by atomic mass is 16.5. The van der Waals surface area contributed by atoms with E-state index in [2.05, 4.69) is 30.4 Å². The fraction of sp³-hybridized carbons (Fsp3) is 0.333. The first-order chi connectivity index (χ1) is 9.08. The first-order valence-corrected chi connectivity index (χ1v) is 6.36. The summed E-state index contributed by atoms with van der Waals surface area (Å²) >= 11 is 0. The van der Waals surface area contributed by atoms with Gasteiger partial charge in [-0.3, -0.25) is 4.79 Å². The molecular weight excluding hydrogens is 240 g/mol. The quantitative estimate of drug-likeness (QED) is 0.915. The van der Waals surface area contributed by atoms with Gasteiger partial charge in [-0.1, -0.05) is 43.3 Å². The van der Waals surface area contributed by atoms with Gasteiger partial charge in [-0.15, -0.1) is 0 Å². The van der Waals surface area contributed by atoms with Gasteiger partial charge in [0.2, 0.25) is 5.91 Å². The summed E-state index contributed by atoms with van der Waals surface area (Å²) in [6, 6.07) is 8.02. The van der Waals surface area contributed by atoms with E-state index in [1.807, 2.05) is 18.2 Å². The molecule has 0 unspecified atom stereocenters. The predicted molar refractivity (Wildman–Crippen MR) is 74.1 cm³/mol. The van der Waals surface area contributed by atoms with Crippen LogP contribution in [-0.4, -0.2) is 11.1 Å². The zero-order valence-corrected chi connectivity index (χ0v) is 11.4. The molecule has 0 aliphatic carbocycles. The Morgan fingerprint density at radius 3 is 2.74 bits per heavy atom. The van der Waals surface area contributed by atoms with Crippen molar-refractivity contribution in [3.05, 3.63) is 47.3 Å². The van der Waals surface area contributed by atoms with E-state index >= 15 is 0 Å². The second kappa shape index (κ2) is 5.69. The van der Waals surface area contributed by atoms with E-state index in [9.17, 15) is 4.79 Å². The number of aryl methyl sites for hydroxylation is 1.